The second-order valence-corrected chi connectivity index (χ2v) is 9.11. The number of hydrogen-bond acceptors (Lipinski definition) is 5. The lowest BCUT2D eigenvalue weighted by Gasteiger charge is -2.29. The Hall–Kier alpha value is -3.39. The van der Waals surface area contributed by atoms with Gasteiger partial charge in [0.05, 0.1) is 6.42 Å². The highest BCUT2D eigenvalue weighted by Crippen LogP contribution is 2.44. The Balaban J connectivity index is 1.34. The molecule has 0 spiro atoms. The van der Waals surface area contributed by atoms with Gasteiger partial charge in [0.15, 0.2) is 0 Å². The van der Waals surface area contributed by atoms with E-state index in [4.69, 9.17) is 4.74 Å². The van der Waals surface area contributed by atoms with Crippen LogP contribution < -0.4 is 10.6 Å². The van der Waals surface area contributed by atoms with E-state index in [1.165, 1.54) is 0 Å². The van der Waals surface area contributed by atoms with Crippen LogP contribution in [0, 0.1) is 5.92 Å². The molecule has 34 heavy (non-hydrogen) atoms. The van der Waals surface area contributed by atoms with E-state index in [2.05, 4.69) is 22.6 Å². The van der Waals surface area contributed by atoms with Crippen molar-refractivity contribution in [3.8, 4) is 11.1 Å². The number of carbonyl (C=O) groups is 3. The minimum Gasteiger partial charge on any atom is -0.481 e. The SMILES string of the molecule is CN1CCC(CNC(=O)C(CC(=O)O)NC(=O)OCC2c3ccccc3-c3ccccc32)CC1. The fraction of sp³-hybridized carbons (Fsp3) is 0.423. The predicted octanol–water partition coefficient (Wildman–Crippen LogP) is 2.83. The third-order valence-electron chi connectivity index (χ3n) is 6.73. The van der Waals surface area contributed by atoms with Crippen molar-refractivity contribution in [2.75, 3.05) is 33.3 Å². The Kier molecular flexibility index (Phi) is 7.47. The summed E-state index contributed by atoms with van der Waals surface area (Å²) in [6.45, 7) is 2.50. The fourth-order valence-electron chi connectivity index (χ4n) is 4.80. The quantitative estimate of drug-likeness (QED) is 0.553. The molecule has 0 bridgehead atoms. The molecule has 1 atom stereocenters. The highest BCUT2D eigenvalue weighted by Gasteiger charge is 2.30. The molecule has 1 saturated heterocycles. The third-order valence-corrected chi connectivity index (χ3v) is 6.73. The average Bonchev–Trinajstić information content (AvgIpc) is 3.15. The van der Waals surface area contributed by atoms with Crippen LogP contribution in [0.1, 0.15) is 36.3 Å². The first-order valence-corrected chi connectivity index (χ1v) is 11.7. The number of rotatable bonds is 8. The topological polar surface area (TPSA) is 108 Å². The number of carboxylic acid groups (broad SMARTS) is 1. The van der Waals surface area contributed by atoms with Crippen molar-refractivity contribution >= 4 is 18.0 Å². The van der Waals surface area contributed by atoms with E-state index in [0.717, 1.165) is 48.2 Å². The van der Waals surface area contributed by atoms with Crippen molar-refractivity contribution in [2.45, 2.75) is 31.2 Å². The summed E-state index contributed by atoms with van der Waals surface area (Å²) in [4.78, 5) is 38.7. The van der Waals surface area contributed by atoms with Crippen LogP contribution in [0.25, 0.3) is 11.1 Å². The molecule has 1 unspecified atom stereocenters. The van der Waals surface area contributed by atoms with E-state index >= 15 is 0 Å². The van der Waals surface area contributed by atoms with Gasteiger partial charge < -0.3 is 25.4 Å². The Labute approximate surface area is 199 Å². The lowest BCUT2D eigenvalue weighted by molar-refractivity contribution is -0.139. The Bertz CT molecular complexity index is 1000. The van der Waals surface area contributed by atoms with Crippen LogP contribution in [0.4, 0.5) is 4.79 Å². The minimum absolute atomic E-state index is 0.0941. The first-order valence-electron chi connectivity index (χ1n) is 11.7. The highest BCUT2D eigenvalue weighted by atomic mass is 16.5. The van der Waals surface area contributed by atoms with Gasteiger partial charge in [0.25, 0.3) is 0 Å². The molecule has 180 valence electrons. The number of benzene rings is 2. The number of piperidine rings is 1. The van der Waals surface area contributed by atoms with E-state index in [-0.39, 0.29) is 12.5 Å². The van der Waals surface area contributed by atoms with E-state index in [9.17, 15) is 19.5 Å². The number of likely N-dealkylation sites (tertiary alicyclic amines) is 1. The smallest absolute Gasteiger partial charge is 0.407 e. The number of fused-ring (bicyclic) bond motifs is 3. The molecule has 1 aliphatic heterocycles. The summed E-state index contributed by atoms with van der Waals surface area (Å²) in [7, 11) is 2.07. The third kappa shape index (κ3) is 5.56. The van der Waals surface area contributed by atoms with Gasteiger partial charge in [0.2, 0.25) is 5.91 Å². The molecule has 2 aromatic rings. The lowest BCUT2D eigenvalue weighted by atomic mass is 9.97. The van der Waals surface area contributed by atoms with Crippen molar-refractivity contribution in [1.29, 1.82) is 0 Å². The molecular formula is C26H31N3O5. The summed E-state index contributed by atoms with van der Waals surface area (Å²) in [5, 5.41) is 14.5. The van der Waals surface area contributed by atoms with Crippen LogP contribution in [0.2, 0.25) is 0 Å². The van der Waals surface area contributed by atoms with E-state index in [1.807, 2.05) is 48.5 Å². The van der Waals surface area contributed by atoms with Crippen molar-refractivity contribution in [2.24, 2.45) is 5.92 Å². The zero-order valence-corrected chi connectivity index (χ0v) is 19.3. The second kappa shape index (κ2) is 10.7. The molecule has 1 heterocycles. The number of ether oxygens (including phenoxy) is 1. The standard InChI is InChI=1S/C26H31N3O5/c1-29-12-10-17(11-13-29)15-27-25(32)23(14-24(30)31)28-26(33)34-16-22-20-8-4-2-6-18(20)19-7-3-5-9-21(19)22/h2-9,17,22-23H,10-16H2,1H3,(H,27,32)(H,28,33)(H,30,31). The normalized spacial score (nSPS) is 16.9. The van der Waals surface area contributed by atoms with Crippen molar-refractivity contribution in [3.05, 3.63) is 59.7 Å². The zero-order chi connectivity index (χ0) is 24.1. The van der Waals surface area contributed by atoms with Crippen molar-refractivity contribution < 1.29 is 24.2 Å². The van der Waals surface area contributed by atoms with Gasteiger partial charge in [-0.25, -0.2) is 4.79 Å². The number of hydrogen-bond donors (Lipinski definition) is 3. The van der Waals surface area contributed by atoms with Gasteiger partial charge in [-0.3, -0.25) is 9.59 Å². The maximum absolute atomic E-state index is 12.7. The molecule has 8 nitrogen and oxygen atoms in total. The average molecular weight is 466 g/mol. The molecule has 8 heteroatoms. The van der Waals surface area contributed by atoms with Gasteiger partial charge in [-0.05, 0) is 61.2 Å². The molecule has 1 fully saturated rings. The molecule has 1 aliphatic carbocycles. The minimum atomic E-state index is -1.19. The molecule has 0 saturated carbocycles. The van der Waals surface area contributed by atoms with Gasteiger partial charge in [-0.2, -0.15) is 0 Å². The molecule has 2 aliphatic rings. The molecule has 4 rings (SSSR count). The van der Waals surface area contributed by atoms with Crippen LogP contribution in [0.15, 0.2) is 48.5 Å². The van der Waals surface area contributed by atoms with Gasteiger partial charge in [0, 0.05) is 12.5 Å². The zero-order valence-electron chi connectivity index (χ0n) is 19.3. The number of alkyl carbamates (subject to hydrolysis) is 1. The lowest BCUT2D eigenvalue weighted by Crippen LogP contribution is -2.49. The second-order valence-electron chi connectivity index (χ2n) is 9.11. The maximum atomic E-state index is 12.7. The van der Waals surface area contributed by atoms with Crippen molar-refractivity contribution in [1.82, 2.24) is 15.5 Å². The maximum Gasteiger partial charge on any atom is 0.407 e. The first kappa shape index (κ1) is 23.8. The van der Waals surface area contributed by atoms with Crippen LogP contribution in [-0.2, 0) is 14.3 Å². The predicted molar refractivity (Wildman–Crippen MR) is 127 cm³/mol. The van der Waals surface area contributed by atoms with E-state index in [0.29, 0.717) is 12.5 Å². The summed E-state index contributed by atoms with van der Waals surface area (Å²) in [6.07, 6.45) is 0.631. The Morgan fingerprint density at radius 2 is 1.62 bits per heavy atom. The first-order chi connectivity index (χ1) is 16.4. The molecule has 2 amide bonds. The largest absolute Gasteiger partial charge is 0.481 e. The fourth-order valence-corrected chi connectivity index (χ4v) is 4.80. The van der Waals surface area contributed by atoms with Crippen LogP contribution in [-0.4, -0.2) is 67.3 Å². The van der Waals surface area contributed by atoms with Gasteiger partial charge in [0.1, 0.15) is 12.6 Å². The molecule has 0 radical (unpaired) electrons. The molecular weight excluding hydrogens is 434 g/mol. The Morgan fingerprint density at radius 3 is 2.21 bits per heavy atom. The number of carbonyl (C=O) groups excluding carboxylic acids is 2. The number of carboxylic acids is 1. The highest BCUT2D eigenvalue weighted by molar-refractivity contribution is 5.89. The van der Waals surface area contributed by atoms with Gasteiger partial charge >= 0.3 is 12.1 Å². The summed E-state index contributed by atoms with van der Waals surface area (Å²) < 4.78 is 5.48. The van der Waals surface area contributed by atoms with E-state index in [1.54, 1.807) is 0 Å². The number of nitrogens with zero attached hydrogens (tertiary/aromatic N) is 1. The monoisotopic (exact) mass is 465 g/mol. The van der Waals surface area contributed by atoms with E-state index < -0.39 is 30.4 Å². The van der Waals surface area contributed by atoms with Gasteiger partial charge in [-0.1, -0.05) is 48.5 Å². The number of aliphatic carboxylic acids is 1. The molecule has 2 aromatic carbocycles. The molecule has 0 aromatic heterocycles. The van der Waals surface area contributed by atoms with Crippen LogP contribution in [0.5, 0.6) is 0 Å². The van der Waals surface area contributed by atoms with Crippen molar-refractivity contribution in [3.63, 3.8) is 0 Å². The molecule has 3 N–H and O–H groups in total. The van der Waals surface area contributed by atoms with Crippen LogP contribution >= 0.6 is 0 Å². The summed E-state index contributed by atoms with van der Waals surface area (Å²) in [6, 6.07) is 14.8. The van der Waals surface area contributed by atoms with Crippen LogP contribution in [0.3, 0.4) is 0 Å². The number of amides is 2. The summed E-state index contributed by atoms with van der Waals surface area (Å²) in [5.41, 5.74) is 4.39. The number of nitrogens with one attached hydrogen (secondary N) is 2. The summed E-state index contributed by atoms with van der Waals surface area (Å²) in [5.74, 6) is -1.44. The Morgan fingerprint density at radius 1 is 1.03 bits per heavy atom. The summed E-state index contributed by atoms with van der Waals surface area (Å²) >= 11 is 0. The van der Waals surface area contributed by atoms with Gasteiger partial charge in [-0.15, -0.1) is 0 Å².